The highest BCUT2D eigenvalue weighted by Crippen LogP contribution is 2.29. The smallest absolute Gasteiger partial charge is 0.213 e. The zero-order valence-electron chi connectivity index (χ0n) is 11.3. The normalized spacial score (nSPS) is 10.7. The number of fused-ring (bicyclic) bond motifs is 1. The number of ether oxygens (including phenoxy) is 1. The van der Waals surface area contributed by atoms with E-state index in [0.717, 1.165) is 26.8 Å². The van der Waals surface area contributed by atoms with E-state index in [1.165, 1.54) is 11.3 Å². The molecule has 2 heterocycles. The zero-order valence-corrected chi connectivity index (χ0v) is 12.2. The lowest BCUT2D eigenvalue weighted by atomic mass is 10.1. The number of nitrogens with zero attached hydrogens (tertiary/aromatic N) is 4. The second-order valence-corrected chi connectivity index (χ2v) is 5.58. The summed E-state index contributed by atoms with van der Waals surface area (Å²) in [7, 11) is 1.64. The standard InChI is InChI=1S/C14H12N4OS/c1-8-6-10(4-5-12(8)19-3)13-11(7-15)18-14(16-13)20-9(2)17-18/h4-6H,1-3H3. The van der Waals surface area contributed by atoms with Crippen LogP contribution in [0.4, 0.5) is 0 Å². The lowest BCUT2D eigenvalue weighted by Crippen LogP contribution is -1.92. The second kappa shape index (κ2) is 4.62. The Hall–Kier alpha value is -2.39. The van der Waals surface area contributed by atoms with Gasteiger partial charge in [0.25, 0.3) is 0 Å². The van der Waals surface area contributed by atoms with Crippen LogP contribution >= 0.6 is 11.3 Å². The molecule has 0 N–H and O–H groups in total. The van der Waals surface area contributed by atoms with Gasteiger partial charge in [0.2, 0.25) is 4.96 Å². The molecule has 0 radical (unpaired) electrons. The molecule has 0 unspecified atom stereocenters. The molecule has 100 valence electrons. The molecule has 1 aromatic carbocycles. The maximum atomic E-state index is 9.38. The van der Waals surface area contributed by atoms with Crippen LogP contribution in [0.5, 0.6) is 5.75 Å². The summed E-state index contributed by atoms with van der Waals surface area (Å²) in [4.78, 5) is 5.27. The maximum absolute atomic E-state index is 9.38. The van der Waals surface area contributed by atoms with E-state index >= 15 is 0 Å². The number of aryl methyl sites for hydroxylation is 2. The quantitative estimate of drug-likeness (QED) is 0.725. The molecule has 3 aromatic rings. The van der Waals surface area contributed by atoms with Crippen LogP contribution in [-0.4, -0.2) is 21.7 Å². The van der Waals surface area contributed by atoms with Gasteiger partial charge in [0.1, 0.15) is 22.5 Å². The van der Waals surface area contributed by atoms with E-state index < -0.39 is 0 Å². The Morgan fingerprint density at radius 1 is 1.35 bits per heavy atom. The molecule has 5 nitrogen and oxygen atoms in total. The summed E-state index contributed by atoms with van der Waals surface area (Å²) in [6, 6.07) is 7.96. The Balaban J connectivity index is 2.21. The summed E-state index contributed by atoms with van der Waals surface area (Å²) < 4.78 is 6.86. The highest BCUT2D eigenvalue weighted by molar-refractivity contribution is 7.16. The van der Waals surface area contributed by atoms with E-state index in [1.807, 2.05) is 32.0 Å². The van der Waals surface area contributed by atoms with E-state index in [0.29, 0.717) is 11.4 Å². The molecule has 20 heavy (non-hydrogen) atoms. The monoisotopic (exact) mass is 284 g/mol. The van der Waals surface area contributed by atoms with Crippen molar-refractivity contribution in [3.8, 4) is 23.1 Å². The predicted molar refractivity (Wildman–Crippen MR) is 77.0 cm³/mol. The van der Waals surface area contributed by atoms with Crippen molar-refractivity contribution in [2.45, 2.75) is 13.8 Å². The van der Waals surface area contributed by atoms with Gasteiger partial charge in [-0.15, -0.1) is 0 Å². The fourth-order valence-corrected chi connectivity index (χ4v) is 2.91. The van der Waals surface area contributed by atoms with Gasteiger partial charge < -0.3 is 4.74 Å². The van der Waals surface area contributed by atoms with Gasteiger partial charge in [0.15, 0.2) is 5.69 Å². The zero-order chi connectivity index (χ0) is 14.3. The summed E-state index contributed by atoms with van der Waals surface area (Å²) in [6.45, 7) is 3.87. The Bertz CT molecular complexity index is 841. The molecular formula is C14H12N4OS. The molecule has 6 heteroatoms. The van der Waals surface area contributed by atoms with E-state index in [-0.39, 0.29) is 0 Å². The van der Waals surface area contributed by atoms with Crippen molar-refractivity contribution in [3.05, 3.63) is 34.5 Å². The lowest BCUT2D eigenvalue weighted by Gasteiger charge is -2.05. The van der Waals surface area contributed by atoms with Gasteiger partial charge in [-0.2, -0.15) is 14.9 Å². The van der Waals surface area contributed by atoms with Gasteiger partial charge in [-0.1, -0.05) is 11.3 Å². The minimum atomic E-state index is 0.467. The number of aromatic nitrogens is 3. The fourth-order valence-electron chi connectivity index (χ4n) is 2.17. The first-order valence-electron chi connectivity index (χ1n) is 6.05. The topological polar surface area (TPSA) is 63.2 Å². The second-order valence-electron chi connectivity index (χ2n) is 4.42. The largest absolute Gasteiger partial charge is 0.496 e. The number of methoxy groups -OCH3 is 1. The highest BCUT2D eigenvalue weighted by Gasteiger charge is 2.17. The molecule has 0 saturated carbocycles. The van der Waals surface area contributed by atoms with E-state index in [1.54, 1.807) is 11.6 Å². The van der Waals surface area contributed by atoms with Gasteiger partial charge in [0.05, 0.1) is 7.11 Å². The molecule has 0 aliphatic carbocycles. The van der Waals surface area contributed by atoms with Crippen molar-refractivity contribution >= 4 is 16.3 Å². The number of rotatable bonds is 2. The molecule has 2 aromatic heterocycles. The highest BCUT2D eigenvalue weighted by atomic mass is 32.1. The Kier molecular flexibility index (Phi) is 2.92. The number of benzene rings is 1. The van der Waals surface area contributed by atoms with Crippen LogP contribution in [0.15, 0.2) is 18.2 Å². The van der Waals surface area contributed by atoms with Crippen molar-refractivity contribution in [1.82, 2.24) is 14.6 Å². The van der Waals surface area contributed by atoms with Gasteiger partial charge in [-0.05, 0) is 37.6 Å². The van der Waals surface area contributed by atoms with E-state index in [9.17, 15) is 5.26 Å². The first kappa shape index (κ1) is 12.6. The third-order valence-corrected chi connectivity index (χ3v) is 3.90. The summed E-state index contributed by atoms with van der Waals surface area (Å²) in [5, 5.41) is 14.6. The van der Waals surface area contributed by atoms with Gasteiger partial charge in [-0.25, -0.2) is 4.98 Å². The van der Waals surface area contributed by atoms with Crippen LogP contribution < -0.4 is 4.74 Å². The predicted octanol–water partition coefficient (Wildman–Crippen LogP) is 2.95. The average Bonchev–Trinajstić information content (AvgIpc) is 2.94. The molecular weight excluding hydrogens is 272 g/mol. The van der Waals surface area contributed by atoms with Crippen LogP contribution in [0.1, 0.15) is 16.3 Å². The molecule has 0 fully saturated rings. The van der Waals surface area contributed by atoms with Crippen LogP contribution in [0.2, 0.25) is 0 Å². The average molecular weight is 284 g/mol. The first-order valence-corrected chi connectivity index (χ1v) is 6.87. The molecule has 0 aliphatic heterocycles. The van der Waals surface area contributed by atoms with E-state index in [2.05, 4.69) is 16.2 Å². The Labute approximate surface area is 120 Å². The number of nitriles is 1. The summed E-state index contributed by atoms with van der Waals surface area (Å²) in [5.74, 6) is 0.822. The van der Waals surface area contributed by atoms with Crippen molar-refractivity contribution in [3.63, 3.8) is 0 Å². The fraction of sp³-hybridized carbons (Fsp3) is 0.214. The molecule has 0 atom stereocenters. The van der Waals surface area contributed by atoms with Crippen LogP contribution in [0.3, 0.4) is 0 Å². The molecule has 0 spiro atoms. The molecule has 0 saturated heterocycles. The third kappa shape index (κ3) is 1.84. The molecule has 3 rings (SSSR count). The summed E-state index contributed by atoms with van der Waals surface area (Å²) in [5.41, 5.74) is 3.04. The number of hydrogen-bond acceptors (Lipinski definition) is 5. The van der Waals surface area contributed by atoms with Gasteiger partial charge in [-0.3, -0.25) is 0 Å². The van der Waals surface area contributed by atoms with Crippen molar-refractivity contribution < 1.29 is 4.74 Å². The van der Waals surface area contributed by atoms with Crippen LogP contribution in [-0.2, 0) is 0 Å². The van der Waals surface area contributed by atoms with E-state index in [4.69, 9.17) is 4.74 Å². The first-order chi connectivity index (χ1) is 9.63. The van der Waals surface area contributed by atoms with Crippen LogP contribution in [0, 0.1) is 25.2 Å². The van der Waals surface area contributed by atoms with Gasteiger partial charge >= 0.3 is 0 Å². The molecule has 0 amide bonds. The number of hydrogen-bond donors (Lipinski definition) is 0. The van der Waals surface area contributed by atoms with Crippen molar-refractivity contribution in [2.24, 2.45) is 0 Å². The van der Waals surface area contributed by atoms with Crippen molar-refractivity contribution in [2.75, 3.05) is 7.11 Å². The minimum Gasteiger partial charge on any atom is -0.496 e. The Morgan fingerprint density at radius 2 is 2.15 bits per heavy atom. The van der Waals surface area contributed by atoms with Gasteiger partial charge in [0, 0.05) is 5.56 Å². The number of imidazole rings is 1. The third-order valence-electron chi connectivity index (χ3n) is 3.08. The summed E-state index contributed by atoms with van der Waals surface area (Å²) in [6.07, 6.45) is 0. The van der Waals surface area contributed by atoms with Crippen molar-refractivity contribution in [1.29, 1.82) is 5.26 Å². The minimum absolute atomic E-state index is 0.467. The lowest BCUT2D eigenvalue weighted by molar-refractivity contribution is 0.412. The SMILES string of the molecule is COc1ccc(-c2nc3sc(C)nn3c2C#N)cc1C. The van der Waals surface area contributed by atoms with Crippen LogP contribution in [0.25, 0.3) is 16.2 Å². The maximum Gasteiger partial charge on any atom is 0.213 e. The summed E-state index contributed by atoms with van der Waals surface area (Å²) >= 11 is 1.47. The molecule has 0 bridgehead atoms. The molecule has 0 aliphatic rings. The Morgan fingerprint density at radius 3 is 2.80 bits per heavy atom.